The van der Waals surface area contributed by atoms with E-state index in [1.165, 1.54) is 6.42 Å². The van der Waals surface area contributed by atoms with Crippen LogP contribution in [-0.2, 0) is 9.53 Å². The van der Waals surface area contributed by atoms with E-state index < -0.39 is 0 Å². The molecule has 6 heteroatoms. The van der Waals surface area contributed by atoms with Gasteiger partial charge in [-0.1, -0.05) is 24.6 Å². The van der Waals surface area contributed by atoms with Crippen molar-refractivity contribution in [2.45, 2.75) is 57.1 Å². The number of esters is 1. The van der Waals surface area contributed by atoms with E-state index in [1.54, 1.807) is 24.3 Å². The van der Waals surface area contributed by atoms with E-state index in [4.69, 9.17) is 9.47 Å². The van der Waals surface area contributed by atoms with Crippen LogP contribution in [0.25, 0.3) is 0 Å². The predicted molar refractivity (Wildman–Crippen MR) is 124 cm³/mol. The van der Waals surface area contributed by atoms with Gasteiger partial charge in [-0.3, -0.25) is 4.79 Å². The highest BCUT2D eigenvalue weighted by Gasteiger charge is 2.27. The number of piperidine rings is 1. The van der Waals surface area contributed by atoms with Gasteiger partial charge in [0.05, 0.1) is 0 Å². The van der Waals surface area contributed by atoms with Gasteiger partial charge in [0, 0.05) is 17.3 Å². The highest BCUT2D eigenvalue weighted by molar-refractivity contribution is 6.06. The number of nitrogens with zero attached hydrogens (tertiary/aromatic N) is 1. The molecule has 2 aromatic carbocycles. The van der Waals surface area contributed by atoms with Crippen molar-refractivity contribution >= 4 is 17.6 Å². The number of carbonyl (C=O) groups excluding carboxylic acids is 2. The lowest BCUT2D eigenvalue weighted by atomic mass is 9.98. The van der Waals surface area contributed by atoms with E-state index in [9.17, 15) is 9.59 Å². The van der Waals surface area contributed by atoms with E-state index in [-0.39, 0.29) is 30.6 Å². The molecule has 170 valence electrons. The van der Waals surface area contributed by atoms with Gasteiger partial charge >= 0.3 is 5.97 Å². The summed E-state index contributed by atoms with van der Waals surface area (Å²) >= 11 is 0. The Bertz CT molecular complexity index is 872. The molecule has 1 aliphatic heterocycles. The Labute approximate surface area is 189 Å². The van der Waals surface area contributed by atoms with Crippen molar-refractivity contribution in [1.82, 2.24) is 5.32 Å². The number of amides is 1. The molecule has 1 saturated heterocycles. The molecule has 2 aliphatic rings. The van der Waals surface area contributed by atoms with Crippen molar-refractivity contribution in [1.29, 1.82) is 0 Å². The zero-order valence-corrected chi connectivity index (χ0v) is 18.5. The summed E-state index contributed by atoms with van der Waals surface area (Å²) in [5, 5.41) is 3.36. The molecule has 0 aromatic heterocycles. The minimum atomic E-state index is -0.335. The van der Waals surface area contributed by atoms with Gasteiger partial charge in [0.2, 0.25) is 0 Å². The molecule has 6 nitrogen and oxygen atoms in total. The van der Waals surface area contributed by atoms with Gasteiger partial charge in [-0.15, -0.1) is 0 Å². The molecule has 2 aromatic rings. The molecular formula is C26H32N2O4. The topological polar surface area (TPSA) is 67.9 Å². The van der Waals surface area contributed by atoms with Gasteiger partial charge < -0.3 is 19.7 Å². The quantitative estimate of drug-likeness (QED) is 0.654. The van der Waals surface area contributed by atoms with Crippen LogP contribution in [0.4, 0.5) is 5.69 Å². The van der Waals surface area contributed by atoms with Gasteiger partial charge in [-0.2, -0.15) is 0 Å². The first-order valence-corrected chi connectivity index (χ1v) is 11.7. The van der Waals surface area contributed by atoms with Crippen molar-refractivity contribution in [2.75, 3.05) is 24.6 Å². The number of para-hydroxylation sites is 1. The van der Waals surface area contributed by atoms with E-state index >= 15 is 0 Å². The molecule has 1 aliphatic carbocycles. The van der Waals surface area contributed by atoms with Crippen LogP contribution in [0.2, 0.25) is 0 Å². The van der Waals surface area contributed by atoms with Crippen molar-refractivity contribution < 1.29 is 19.1 Å². The molecule has 1 N–H and O–H groups in total. The van der Waals surface area contributed by atoms with E-state index in [2.05, 4.69) is 5.32 Å². The second-order valence-corrected chi connectivity index (χ2v) is 8.55. The summed E-state index contributed by atoms with van der Waals surface area (Å²) in [6.45, 7) is 1.70. The van der Waals surface area contributed by atoms with Crippen LogP contribution in [-0.4, -0.2) is 43.7 Å². The molecule has 32 heavy (non-hydrogen) atoms. The standard InChI is InChI=1S/C26H32N2O4/c29-25(32-24-9-5-2-6-10-24)19-31-23-13-11-20(12-14-23)26(30)28(21-7-3-1-4-8-21)22-15-17-27-18-16-22/h1,3-4,7-8,11-14,22,24,27H,2,5-6,9-10,15-19H2. The lowest BCUT2D eigenvalue weighted by molar-refractivity contribution is -0.152. The Hall–Kier alpha value is -2.86. The molecule has 0 radical (unpaired) electrons. The number of anilines is 1. The maximum atomic E-state index is 13.4. The van der Waals surface area contributed by atoms with E-state index in [0.717, 1.165) is 57.3 Å². The van der Waals surface area contributed by atoms with Crippen molar-refractivity contribution in [3.63, 3.8) is 0 Å². The van der Waals surface area contributed by atoms with Crippen molar-refractivity contribution in [2.24, 2.45) is 0 Å². The summed E-state index contributed by atoms with van der Waals surface area (Å²) in [7, 11) is 0. The molecule has 0 spiro atoms. The maximum Gasteiger partial charge on any atom is 0.344 e. The summed E-state index contributed by atoms with van der Waals surface area (Å²) in [4.78, 5) is 27.4. The number of nitrogens with one attached hydrogen (secondary N) is 1. The van der Waals surface area contributed by atoms with Crippen LogP contribution >= 0.6 is 0 Å². The molecule has 1 amide bonds. The van der Waals surface area contributed by atoms with Crippen LogP contribution in [0.5, 0.6) is 5.75 Å². The second-order valence-electron chi connectivity index (χ2n) is 8.55. The molecule has 4 rings (SSSR count). The summed E-state index contributed by atoms with van der Waals surface area (Å²) in [6, 6.07) is 17.0. The van der Waals surface area contributed by atoms with Crippen LogP contribution in [0.1, 0.15) is 55.3 Å². The normalized spacial score (nSPS) is 17.5. The van der Waals surface area contributed by atoms with Gasteiger partial charge in [0.1, 0.15) is 11.9 Å². The van der Waals surface area contributed by atoms with Crippen LogP contribution in [0, 0.1) is 0 Å². The monoisotopic (exact) mass is 436 g/mol. The fourth-order valence-electron chi connectivity index (χ4n) is 4.53. The molecule has 0 unspecified atom stereocenters. The molecule has 0 bridgehead atoms. The maximum absolute atomic E-state index is 13.4. The minimum Gasteiger partial charge on any atom is -0.482 e. The fraction of sp³-hybridized carbons (Fsp3) is 0.462. The average molecular weight is 437 g/mol. The summed E-state index contributed by atoms with van der Waals surface area (Å²) < 4.78 is 11.1. The number of carbonyl (C=O) groups is 2. The Morgan fingerprint density at radius 2 is 1.56 bits per heavy atom. The van der Waals surface area contributed by atoms with Crippen LogP contribution in [0.15, 0.2) is 54.6 Å². The average Bonchev–Trinajstić information content (AvgIpc) is 2.85. The number of rotatable bonds is 7. The zero-order valence-electron chi connectivity index (χ0n) is 18.5. The Balaban J connectivity index is 1.38. The smallest absolute Gasteiger partial charge is 0.344 e. The molecule has 1 heterocycles. The minimum absolute atomic E-state index is 0.0219. The van der Waals surface area contributed by atoms with E-state index in [0.29, 0.717) is 11.3 Å². The summed E-state index contributed by atoms with van der Waals surface area (Å²) in [5.41, 5.74) is 1.51. The third-order valence-electron chi connectivity index (χ3n) is 6.24. The third-order valence-corrected chi connectivity index (χ3v) is 6.24. The van der Waals surface area contributed by atoms with Crippen LogP contribution in [0.3, 0.4) is 0 Å². The lowest BCUT2D eigenvalue weighted by Gasteiger charge is -2.35. The van der Waals surface area contributed by atoms with Gasteiger partial charge in [-0.05, 0) is 88.0 Å². The van der Waals surface area contributed by atoms with Gasteiger partial charge in [-0.25, -0.2) is 4.79 Å². The number of ether oxygens (including phenoxy) is 2. The first-order chi connectivity index (χ1) is 15.7. The summed E-state index contributed by atoms with van der Waals surface area (Å²) in [6.07, 6.45) is 7.20. The zero-order chi connectivity index (χ0) is 22.2. The molecule has 1 saturated carbocycles. The Morgan fingerprint density at radius 3 is 2.25 bits per heavy atom. The molecule has 2 fully saturated rings. The largest absolute Gasteiger partial charge is 0.482 e. The second kappa shape index (κ2) is 11.1. The number of hydrogen-bond donors (Lipinski definition) is 1. The predicted octanol–water partition coefficient (Wildman–Crippen LogP) is 4.34. The first kappa shape index (κ1) is 22.3. The van der Waals surface area contributed by atoms with Crippen LogP contribution < -0.4 is 15.0 Å². The third kappa shape index (κ3) is 5.88. The van der Waals surface area contributed by atoms with Gasteiger partial charge in [0.25, 0.3) is 5.91 Å². The SMILES string of the molecule is O=C(COc1ccc(C(=O)N(c2ccccc2)C2CCNCC2)cc1)OC1CCCCC1. The Morgan fingerprint density at radius 1 is 0.875 bits per heavy atom. The molecular weight excluding hydrogens is 404 g/mol. The number of hydrogen-bond acceptors (Lipinski definition) is 5. The number of benzene rings is 2. The lowest BCUT2D eigenvalue weighted by Crippen LogP contribution is -2.46. The fourth-order valence-corrected chi connectivity index (χ4v) is 4.53. The van der Waals surface area contributed by atoms with Gasteiger partial charge in [0.15, 0.2) is 6.61 Å². The summed E-state index contributed by atoms with van der Waals surface area (Å²) in [5.74, 6) is 0.194. The highest BCUT2D eigenvalue weighted by atomic mass is 16.6. The molecule has 0 atom stereocenters. The van der Waals surface area contributed by atoms with E-state index in [1.807, 2.05) is 35.2 Å². The Kier molecular flexibility index (Phi) is 7.77. The van der Waals surface area contributed by atoms with Crippen molar-refractivity contribution in [3.05, 3.63) is 60.2 Å². The highest BCUT2D eigenvalue weighted by Crippen LogP contribution is 2.25. The van der Waals surface area contributed by atoms with Crippen molar-refractivity contribution in [3.8, 4) is 5.75 Å². The first-order valence-electron chi connectivity index (χ1n) is 11.7.